The lowest BCUT2D eigenvalue weighted by Crippen LogP contribution is -2.29. The number of carbonyl (C=O) groups is 1. The van der Waals surface area contributed by atoms with Crippen molar-refractivity contribution in [1.82, 2.24) is 4.90 Å². The number of hydrogen-bond acceptors (Lipinski definition) is 2. The number of hydrogen-bond donors (Lipinski definition) is 0. The first-order valence-corrected chi connectivity index (χ1v) is 7.13. The number of likely N-dealkylation sites (N-methyl/N-ethyl adjacent to an activating group) is 1. The van der Waals surface area contributed by atoms with Crippen molar-refractivity contribution in [3.05, 3.63) is 71.5 Å². The van der Waals surface area contributed by atoms with E-state index in [2.05, 4.69) is 12.1 Å². The Hall–Kier alpha value is -2.00. The number of ketones is 1. The van der Waals surface area contributed by atoms with Crippen LogP contribution in [0.15, 0.2) is 54.6 Å². The van der Waals surface area contributed by atoms with Crippen LogP contribution in [0.3, 0.4) is 0 Å². The molecule has 0 aliphatic rings. The smallest absolute Gasteiger partial charge is 0.151 e. The third-order valence-corrected chi connectivity index (χ3v) is 3.42. The Kier molecular flexibility index (Phi) is 5.64. The summed E-state index contributed by atoms with van der Waals surface area (Å²) in [6, 6.07) is 16.6. The normalized spacial score (nSPS) is 10.8. The number of carbonyl (C=O) groups excluding carboxylic acids is 1. The summed E-state index contributed by atoms with van der Waals surface area (Å²) in [5.74, 6) is -0.270. The van der Waals surface area contributed by atoms with Gasteiger partial charge >= 0.3 is 0 Å². The zero-order valence-corrected chi connectivity index (χ0v) is 12.3. The van der Waals surface area contributed by atoms with E-state index < -0.39 is 0 Å². The first-order chi connectivity index (χ1) is 10.1. The SMILES string of the molecule is CN(CCc1ccccc1)CC(=O)Cc1ccccc1F. The zero-order chi connectivity index (χ0) is 15.1. The molecule has 0 heterocycles. The van der Waals surface area contributed by atoms with Gasteiger partial charge in [-0.3, -0.25) is 9.69 Å². The molecule has 3 heteroatoms. The average Bonchev–Trinajstić information content (AvgIpc) is 2.48. The highest BCUT2D eigenvalue weighted by molar-refractivity contribution is 5.82. The van der Waals surface area contributed by atoms with E-state index in [1.165, 1.54) is 11.6 Å². The molecular formula is C18H20FNO. The van der Waals surface area contributed by atoms with E-state index in [4.69, 9.17) is 0 Å². The van der Waals surface area contributed by atoms with Crippen molar-refractivity contribution in [2.24, 2.45) is 0 Å². The molecule has 21 heavy (non-hydrogen) atoms. The first kappa shape index (κ1) is 15.4. The molecular weight excluding hydrogens is 265 g/mol. The van der Waals surface area contributed by atoms with Crippen molar-refractivity contribution >= 4 is 5.78 Å². The van der Waals surface area contributed by atoms with Crippen LogP contribution in [-0.4, -0.2) is 30.8 Å². The minimum atomic E-state index is -0.308. The van der Waals surface area contributed by atoms with Gasteiger partial charge in [-0.05, 0) is 30.7 Å². The molecule has 0 spiro atoms. The fourth-order valence-electron chi connectivity index (χ4n) is 2.25. The Morgan fingerprint density at radius 3 is 2.43 bits per heavy atom. The molecule has 0 saturated carbocycles. The highest BCUT2D eigenvalue weighted by Gasteiger charge is 2.10. The van der Waals surface area contributed by atoms with Crippen LogP contribution in [-0.2, 0) is 17.6 Å². The standard InChI is InChI=1S/C18H20FNO/c1-20(12-11-15-7-3-2-4-8-15)14-17(21)13-16-9-5-6-10-18(16)19/h2-10H,11-14H2,1H3. The molecule has 0 aromatic heterocycles. The lowest BCUT2D eigenvalue weighted by Gasteiger charge is -2.15. The third-order valence-electron chi connectivity index (χ3n) is 3.42. The summed E-state index contributed by atoms with van der Waals surface area (Å²) in [5.41, 5.74) is 1.73. The van der Waals surface area contributed by atoms with Gasteiger partial charge in [0.05, 0.1) is 6.54 Å². The van der Waals surface area contributed by atoms with E-state index >= 15 is 0 Å². The molecule has 0 aliphatic heterocycles. The quantitative estimate of drug-likeness (QED) is 0.779. The van der Waals surface area contributed by atoms with E-state index in [0.29, 0.717) is 12.1 Å². The van der Waals surface area contributed by atoms with Gasteiger partial charge in [-0.2, -0.15) is 0 Å². The second-order valence-electron chi connectivity index (χ2n) is 5.28. The summed E-state index contributed by atoms with van der Waals surface area (Å²) in [6.07, 6.45) is 1.06. The molecule has 110 valence electrons. The molecule has 0 amide bonds. The molecule has 2 aromatic carbocycles. The fourth-order valence-corrected chi connectivity index (χ4v) is 2.25. The summed E-state index contributed by atoms with van der Waals surface area (Å²) in [7, 11) is 1.92. The monoisotopic (exact) mass is 285 g/mol. The van der Waals surface area contributed by atoms with E-state index in [1.807, 2.05) is 30.1 Å². The Morgan fingerprint density at radius 2 is 1.71 bits per heavy atom. The highest BCUT2D eigenvalue weighted by Crippen LogP contribution is 2.08. The van der Waals surface area contributed by atoms with Gasteiger partial charge in [-0.15, -0.1) is 0 Å². The van der Waals surface area contributed by atoms with Crippen LogP contribution in [0.4, 0.5) is 4.39 Å². The van der Waals surface area contributed by atoms with Gasteiger partial charge in [-0.25, -0.2) is 4.39 Å². The van der Waals surface area contributed by atoms with Crippen LogP contribution in [0, 0.1) is 5.82 Å². The van der Waals surface area contributed by atoms with Gasteiger partial charge in [-0.1, -0.05) is 48.5 Å². The number of nitrogens with zero attached hydrogens (tertiary/aromatic N) is 1. The van der Waals surface area contributed by atoms with Crippen molar-refractivity contribution in [3.63, 3.8) is 0 Å². The fraction of sp³-hybridized carbons (Fsp3) is 0.278. The lowest BCUT2D eigenvalue weighted by atomic mass is 10.1. The molecule has 0 unspecified atom stereocenters. The number of rotatable bonds is 7. The number of benzene rings is 2. The van der Waals surface area contributed by atoms with Crippen molar-refractivity contribution in [1.29, 1.82) is 0 Å². The Balaban J connectivity index is 1.78. The highest BCUT2D eigenvalue weighted by atomic mass is 19.1. The molecule has 0 fully saturated rings. The Labute approximate surface area is 125 Å². The van der Waals surface area contributed by atoms with E-state index in [1.54, 1.807) is 18.2 Å². The van der Waals surface area contributed by atoms with Crippen molar-refractivity contribution in [2.75, 3.05) is 20.1 Å². The van der Waals surface area contributed by atoms with Crippen LogP contribution in [0.2, 0.25) is 0 Å². The number of Topliss-reactive ketones (excluding diaryl/α,β-unsaturated/α-hetero) is 1. The zero-order valence-electron chi connectivity index (χ0n) is 12.3. The van der Waals surface area contributed by atoms with Crippen LogP contribution >= 0.6 is 0 Å². The second-order valence-corrected chi connectivity index (χ2v) is 5.28. The maximum Gasteiger partial charge on any atom is 0.151 e. The third kappa shape index (κ3) is 5.12. The summed E-state index contributed by atoms with van der Waals surface area (Å²) in [4.78, 5) is 14.0. The van der Waals surface area contributed by atoms with Crippen LogP contribution < -0.4 is 0 Å². The van der Waals surface area contributed by atoms with E-state index in [0.717, 1.165) is 13.0 Å². The largest absolute Gasteiger partial charge is 0.299 e. The number of halogens is 1. The predicted molar refractivity (Wildman–Crippen MR) is 82.8 cm³/mol. The van der Waals surface area contributed by atoms with E-state index in [9.17, 15) is 9.18 Å². The summed E-state index contributed by atoms with van der Waals surface area (Å²) < 4.78 is 13.5. The molecule has 0 bridgehead atoms. The van der Waals surface area contributed by atoms with Crippen LogP contribution in [0.1, 0.15) is 11.1 Å². The van der Waals surface area contributed by atoms with Crippen molar-refractivity contribution in [2.45, 2.75) is 12.8 Å². The second kappa shape index (κ2) is 7.70. The van der Waals surface area contributed by atoms with Gasteiger partial charge in [0.25, 0.3) is 0 Å². The summed E-state index contributed by atoms with van der Waals surface area (Å²) in [6.45, 7) is 1.16. The molecule has 2 rings (SSSR count). The maximum atomic E-state index is 13.5. The van der Waals surface area contributed by atoms with Gasteiger partial charge in [0, 0.05) is 13.0 Å². The maximum absolute atomic E-state index is 13.5. The van der Waals surface area contributed by atoms with Crippen molar-refractivity contribution < 1.29 is 9.18 Å². The molecule has 2 nitrogen and oxygen atoms in total. The summed E-state index contributed by atoms with van der Waals surface area (Å²) >= 11 is 0. The Morgan fingerprint density at radius 1 is 1.05 bits per heavy atom. The van der Waals surface area contributed by atoms with Gasteiger partial charge in [0.1, 0.15) is 5.82 Å². The van der Waals surface area contributed by atoms with Crippen LogP contribution in [0.25, 0.3) is 0 Å². The molecule has 0 atom stereocenters. The van der Waals surface area contributed by atoms with Gasteiger partial charge < -0.3 is 0 Å². The molecule has 2 aromatic rings. The first-order valence-electron chi connectivity index (χ1n) is 7.13. The van der Waals surface area contributed by atoms with Gasteiger partial charge in [0.15, 0.2) is 5.78 Å². The predicted octanol–water partition coefficient (Wildman–Crippen LogP) is 3.11. The molecule has 0 radical (unpaired) electrons. The molecule has 0 N–H and O–H groups in total. The van der Waals surface area contributed by atoms with Crippen molar-refractivity contribution in [3.8, 4) is 0 Å². The summed E-state index contributed by atoms with van der Waals surface area (Å²) in [5, 5.41) is 0. The lowest BCUT2D eigenvalue weighted by molar-refractivity contribution is -0.119. The minimum Gasteiger partial charge on any atom is -0.299 e. The molecule has 0 aliphatic carbocycles. The Bertz CT molecular complexity index is 583. The molecule has 0 saturated heterocycles. The van der Waals surface area contributed by atoms with E-state index in [-0.39, 0.29) is 18.0 Å². The minimum absolute atomic E-state index is 0.0376. The average molecular weight is 285 g/mol. The van der Waals surface area contributed by atoms with Crippen LogP contribution in [0.5, 0.6) is 0 Å². The van der Waals surface area contributed by atoms with Gasteiger partial charge in [0.2, 0.25) is 0 Å². The topological polar surface area (TPSA) is 20.3 Å².